The van der Waals surface area contributed by atoms with E-state index in [0.717, 1.165) is 18.5 Å². The highest BCUT2D eigenvalue weighted by atomic mass is 35.5. The molecule has 1 fully saturated rings. The van der Waals surface area contributed by atoms with E-state index in [4.69, 9.17) is 30.2 Å². The summed E-state index contributed by atoms with van der Waals surface area (Å²) in [5.41, 5.74) is 1.45. The average molecular weight is 460 g/mol. The van der Waals surface area contributed by atoms with Crippen LogP contribution in [-0.2, 0) is 0 Å². The van der Waals surface area contributed by atoms with Crippen molar-refractivity contribution in [1.82, 2.24) is 4.90 Å². The number of benzene rings is 2. The first-order valence-corrected chi connectivity index (χ1v) is 10.7. The lowest BCUT2D eigenvalue weighted by Crippen LogP contribution is -2.32. The first kappa shape index (κ1) is 22.5. The maximum absolute atomic E-state index is 13.3. The summed E-state index contributed by atoms with van der Waals surface area (Å²) in [4.78, 5) is 15.4. The highest BCUT2D eigenvalue weighted by Crippen LogP contribution is 2.45. The molecular formula is C24H26ClNO6. The van der Waals surface area contributed by atoms with Crippen LogP contribution in [0.4, 0.5) is 0 Å². The molecule has 1 aliphatic rings. The van der Waals surface area contributed by atoms with Crippen molar-refractivity contribution in [2.75, 3.05) is 41.5 Å². The van der Waals surface area contributed by atoms with Gasteiger partial charge in [0.05, 0.1) is 33.0 Å². The Labute approximate surface area is 191 Å². The summed E-state index contributed by atoms with van der Waals surface area (Å²) in [7, 11) is 6.60. The number of hydrogen-bond donors (Lipinski definition) is 1. The van der Waals surface area contributed by atoms with Crippen LogP contribution in [0.5, 0.6) is 17.2 Å². The van der Waals surface area contributed by atoms with E-state index in [-0.39, 0.29) is 24.0 Å². The van der Waals surface area contributed by atoms with Crippen molar-refractivity contribution >= 4 is 22.6 Å². The molecule has 7 nitrogen and oxygen atoms in total. The van der Waals surface area contributed by atoms with E-state index >= 15 is 0 Å². The first-order chi connectivity index (χ1) is 15.4. The van der Waals surface area contributed by atoms with Crippen LogP contribution >= 0.6 is 11.6 Å². The average Bonchev–Trinajstić information content (AvgIpc) is 3.17. The maximum atomic E-state index is 13.3. The molecule has 2 heterocycles. The molecule has 0 radical (unpaired) electrons. The summed E-state index contributed by atoms with van der Waals surface area (Å²) in [5, 5.41) is 10.8. The molecule has 170 valence electrons. The van der Waals surface area contributed by atoms with Gasteiger partial charge in [0.2, 0.25) is 0 Å². The van der Waals surface area contributed by atoms with Crippen LogP contribution in [0, 0.1) is 0 Å². The molecule has 0 bridgehead atoms. The molecule has 1 aromatic heterocycles. The van der Waals surface area contributed by atoms with Gasteiger partial charge < -0.3 is 28.6 Å². The van der Waals surface area contributed by atoms with E-state index in [0.29, 0.717) is 44.6 Å². The van der Waals surface area contributed by atoms with Crippen molar-refractivity contribution in [2.45, 2.75) is 18.4 Å². The van der Waals surface area contributed by atoms with Gasteiger partial charge in [-0.15, -0.1) is 0 Å². The molecule has 4 rings (SSSR count). The number of fused-ring (bicyclic) bond motifs is 1. The van der Waals surface area contributed by atoms with E-state index < -0.39 is 0 Å². The molecular weight excluding hydrogens is 434 g/mol. The second kappa shape index (κ2) is 9.02. The molecule has 2 unspecified atom stereocenters. The van der Waals surface area contributed by atoms with Crippen LogP contribution in [0.15, 0.2) is 39.5 Å². The highest BCUT2D eigenvalue weighted by Gasteiger charge is 2.37. The van der Waals surface area contributed by atoms with Crippen molar-refractivity contribution in [2.24, 2.45) is 0 Å². The minimum Gasteiger partial charge on any atom is -0.497 e. The van der Waals surface area contributed by atoms with Gasteiger partial charge in [0, 0.05) is 35.2 Å². The molecule has 0 saturated carbocycles. The van der Waals surface area contributed by atoms with Gasteiger partial charge in [-0.1, -0.05) is 11.6 Å². The molecule has 0 aliphatic carbocycles. The normalized spacial score (nSPS) is 18.8. The molecule has 8 heteroatoms. The Hall–Kier alpha value is -2.74. The summed E-state index contributed by atoms with van der Waals surface area (Å²) in [5.74, 6) is 1.77. The van der Waals surface area contributed by atoms with Crippen LogP contribution in [0.3, 0.4) is 0 Å². The van der Waals surface area contributed by atoms with Gasteiger partial charge in [-0.25, -0.2) is 0 Å². The number of hydrogen-bond acceptors (Lipinski definition) is 7. The smallest absolute Gasteiger partial charge is 0.197 e. The summed E-state index contributed by atoms with van der Waals surface area (Å²) < 4.78 is 22.8. The molecule has 2 aromatic carbocycles. The molecule has 2 atom stereocenters. The topological polar surface area (TPSA) is 81.4 Å². The zero-order chi connectivity index (χ0) is 23.0. The summed E-state index contributed by atoms with van der Waals surface area (Å²) in [6.07, 6.45) is 0.788. The van der Waals surface area contributed by atoms with E-state index in [9.17, 15) is 9.90 Å². The molecule has 0 amide bonds. The number of rotatable bonds is 6. The Morgan fingerprint density at radius 1 is 1.12 bits per heavy atom. The van der Waals surface area contributed by atoms with Crippen molar-refractivity contribution in [3.8, 4) is 28.6 Å². The van der Waals surface area contributed by atoms with E-state index in [1.165, 1.54) is 13.2 Å². The van der Waals surface area contributed by atoms with Crippen LogP contribution in [0.25, 0.3) is 22.3 Å². The van der Waals surface area contributed by atoms with Gasteiger partial charge in [-0.05, 0) is 38.2 Å². The Balaban J connectivity index is 2.03. The predicted molar refractivity (Wildman–Crippen MR) is 123 cm³/mol. The predicted octanol–water partition coefficient (Wildman–Crippen LogP) is 3.92. The molecule has 1 N–H and O–H groups in total. The Bertz CT molecular complexity index is 1210. The third-order valence-electron chi connectivity index (χ3n) is 6.23. The van der Waals surface area contributed by atoms with E-state index in [2.05, 4.69) is 4.90 Å². The lowest BCUT2D eigenvalue weighted by atomic mass is 9.89. The molecule has 32 heavy (non-hydrogen) atoms. The Morgan fingerprint density at radius 3 is 2.50 bits per heavy atom. The highest BCUT2D eigenvalue weighted by molar-refractivity contribution is 6.33. The lowest BCUT2D eigenvalue weighted by Gasteiger charge is -2.25. The van der Waals surface area contributed by atoms with Crippen molar-refractivity contribution in [3.63, 3.8) is 0 Å². The number of likely N-dealkylation sites (tertiary alicyclic amines) is 1. The fraction of sp³-hybridized carbons (Fsp3) is 0.375. The van der Waals surface area contributed by atoms with Crippen molar-refractivity contribution in [3.05, 3.63) is 51.1 Å². The number of aliphatic hydroxyl groups excluding tert-OH is 1. The van der Waals surface area contributed by atoms with Gasteiger partial charge in [0.1, 0.15) is 34.0 Å². The van der Waals surface area contributed by atoms with Gasteiger partial charge in [-0.2, -0.15) is 0 Å². The second-order valence-corrected chi connectivity index (χ2v) is 8.25. The summed E-state index contributed by atoms with van der Waals surface area (Å²) in [6.45, 7) is 0.785. The molecule has 1 aliphatic heterocycles. The lowest BCUT2D eigenvalue weighted by molar-refractivity contribution is 0.171. The molecule has 1 saturated heterocycles. The number of likely N-dealkylation sites (N-methyl/N-ethyl adjacent to an activating group) is 1. The first-order valence-electron chi connectivity index (χ1n) is 10.3. The third-order valence-corrected chi connectivity index (χ3v) is 6.54. The summed E-state index contributed by atoms with van der Waals surface area (Å²) >= 11 is 6.46. The quantitative estimate of drug-likeness (QED) is 0.598. The number of methoxy groups -OCH3 is 3. The fourth-order valence-corrected chi connectivity index (χ4v) is 4.81. The number of halogens is 1. The third kappa shape index (κ3) is 3.70. The maximum Gasteiger partial charge on any atom is 0.197 e. The number of aliphatic hydroxyl groups is 1. The van der Waals surface area contributed by atoms with Gasteiger partial charge in [0.25, 0.3) is 0 Å². The van der Waals surface area contributed by atoms with Crippen LogP contribution in [-0.4, -0.2) is 57.6 Å². The standard InChI is InChI=1S/C24H26ClNO6/c1-26-8-7-15(17(26)12-27)22-20(30-3)11-21(31-4)23-18(28)10-19(32-24(22)23)14-6-5-13(29-2)9-16(14)25/h5-6,9-11,15,17,27H,7-8,12H2,1-4H3. The van der Waals surface area contributed by atoms with Gasteiger partial charge in [0.15, 0.2) is 5.43 Å². The van der Waals surface area contributed by atoms with Crippen molar-refractivity contribution < 1.29 is 23.7 Å². The van der Waals surface area contributed by atoms with Crippen molar-refractivity contribution in [1.29, 1.82) is 0 Å². The zero-order valence-corrected chi connectivity index (χ0v) is 19.2. The minimum absolute atomic E-state index is 0.0218. The van der Waals surface area contributed by atoms with Crippen LogP contribution < -0.4 is 19.6 Å². The second-order valence-electron chi connectivity index (χ2n) is 7.85. The SMILES string of the molecule is COc1ccc(-c2cc(=O)c3c(OC)cc(OC)c(C4CCN(C)C4CO)c3o2)c(Cl)c1. The van der Waals surface area contributed by atoms with Gasteiger partial charge in [-0.3, -0.25) is 4.79 Å². The number of nitrogens with zero attached hydrogens (tertiary/aromatic N) is 1. The minimum atomic E-state index is -0.249. The summed E-state index contributed by atoms with van der Waals surface area (Å²) in [6, 6.07) is 8.18. The van der Waals surface area contributed by atoms with E-state index in [1.54, 1.807) is 38.5 Å². The largest absolute Gasteiger partial charge is 0.497 e. The van der Waals surface area contributed by atoms with Gasteiger partial charge >= 0.3 is 0 Å². The van der Waals surface area contributed by atoms with Crippen LogP contribution in [0.1, 0.15) is 17.9 Å². The van der Waals surface area contributed by atoms with Crippen LogP contribution in [0.2, 0.25) is 5.02 Å². The van der Waals surface area contributed by atoms with E-state index in [1.807, 2.05) is 7.05 Å². The monoisotopic (exact) mass is 459 g/mol. The molecule has 0 spiro atoms. The number of ether oxygens (including phenoxy) is 3. The Morgan fingerprint density at radius 2 is 1.88 bits per heavy atom. The zero-order valence-electron chi connectivity index (χ0n) is 18.5. The molecule has 3 aromatic rings. The Kier molecular flexibility index (Phi) is 6.33. The fourth-order valence-electron chi connectivity index (χ4n) is 4.55.